The number of aliphatic hydroxyl groups excluding tert-OH is 1. The maximum absolute atomic E-state index is 13.0. The molecule has 1 aliphatic carbocycles. The fourth-order valence-corrected chi connectivity index (χ4v) is 3.67. The van der Waals surface area contributed by atoms with Crippen LogP contribution in [-0.2, 0) is 6.54 Å². The lowest BCUT2D eigenvalue weighted by Crippen LogP contribution is -2.47. The van der Waals surface area contributed by atoms with E-state index in [0.717, 1.165) is 63.8 Å². The summed E-state index contributed by atoms with van der Waals surface area (Å²) >= 11 is 0. The second-order valence-electron chi connectivity index (χ2n) is 7.20. The highest BCUT2D eigenvalue weighted by Gasteiger charge is 2.24. The minimum atomic E-state index is -0.210. The molecule has 1 aromatic carbocycles. The lowest BCUT2D eigenvalue weighted by Gasteiger charge is -2.29. The first kappa shape index (κ1) is 18.1. The number of hydrogen-bond acceptors (Lipinski definition) is 3. The molecule has 1 aromatic rings. The normalized spacial score (nSPS) is 25.4. The largest absolute Gasteiger partial charge is 0.393 e. The minimum Gasteiger partial charge on any atom is -0.393 e. The summed E-state index contributed by atoms with van der Waals surface area (Å²) in [6.45, 7) is 4.03. The van der Waals surface area contributed by atoms with E-state index in [9.17, 15) is 14.3 Å². The van der Waals surface area contributed by atoms with Crippen LogP contribution in [0.3, 0.4) is 0 Å². The Morgan fingerprint density at radius 3 is 2.52 bits per heavy atom. The Morgan fingerprint density at radius 2 is 1.80 bits per heavy atom. The van der Waals surface area contributed by atoms with E-state index in [1.54, 1.807) is 0 Å². The molecule has 0 radical (unpaired) electrons. The van der Waals surface area contributed by atoms with Crippen molar-refractivity contribution in [3.05, 3.63) is 35.6 Å². The van der Waals surface area contributed by atoms with Crippen molar-refractivity contribution >= 4 is 6.03 Å². The van der Waals surface area contributed by atoms with Crippen LogP contribution in [0.5, 0.6) is 0 Å². The van der Waals surface area contributed by atoms with Crippen LogP contribution in [0, 0.1) is 5.82 Å². The molecule has 6 heteroatoms. The van der Waals surface area contributed by atoms with Crippen molar-refractivity contribution in [3.63, 3.8) is 0 Å². The van der Waals surface area contributed by atoms with Crippen molar-refractivity contribution in [1.29, 1.82) is 0 Å². The second-order valence-corrected chi connectivity index (χ2v) is 7.20. The molecule has 2 N–H and O–H groups in total. The molecule has 1 heterocycles. The van der Waals surface area contributed by atoms with Gasteiger partial charge >= 0.3 is 6.03 Å². The summed E-state index contributed by atoms with van der Waals surface area (Å²) in [7, 11) is 0. The number of carbonyl (C=O) groups is 1. The predicted octanol–water partition coefficient (Wildman–Crippen LogP) is 2.35. The van der Waals surface area contributed by atoms with Crippen LogP contribution >= 0.6 is 0 Å². The average Bonchev–Trinajstić information content (AvgIpc) is 2.85. The molecule has 138 valence electrons. The van der Waals surface area contributed by atoms with E-state index in [1.807, 2.05) is 17.0 Å². The van der Waals surface area contributed by atoms with Crippen LogP contribution in [-0.4, -0.2) is 59.3 Å². The minimum absolute atomic E-state index is 0.0185. The van der Waals surface area contributed by atoms with E-state index >= 15 is 0 Å². The lowest BCUT2D eigenvalue weighted by atomic mass is 9.93. The Labute approximate surface area is 148 Å². The fraction of sp³-hybridized carbons (Fsp3) is 0.632. The van der Waals surface area contributed by atoms with E-state index in [4.69, 9.17) is 0 Å². The molecule has 0 atom stereocenters. The third-order valence-corrected chi connectivity index (χ3v) is 5.22. The summed E-state index contributed by atoms with van der Waals surface area (Å²) in [6, 6.07) is 6.84. The first-order valence-electron chi connectivity index (χ1n) is 9.30. The van der Waals surface area contributed by atoms with Crippen molar-refractivity contribution < 1.29 is 14.3 Å². The van der Waals surface area contributed by atoms with E-state index in [-0.39, 0.29) is 24.0 Å². The van der Waals surface area contributed by atoms with Crippen LogP contribution in [0.4, 0.5) is 9.18 Å². The summed E-state index contributed by atoms with van der Waals surface area (Å²) in [5, 5.41) is 12.7. The number of nitrogens with one attached hydrogen (secondary N) is 1. The van der Waals surface area contributed by atoms with Crippen molar-refractivity contribution in [1.82, 2.24) is 15.1 Å². The first-order valence-corrected chi connectivity index (χ1v) is 9.30. The van der Waals surface area contributed by atoms with E-state index in [0.29, 0.717) is 6.54 Å². The summed E-state index contributed by atoms with van der Waals surface area (Å²) in [6.07, 6.45) is 4.01. The van der Waals surface area contributed by atoms with Crippen molar-refractivity contribution in [3.8, 4) is 0 Å². The number of carbonyl (C=O) groups excluding carboxylic acids is 1. The number of hydrogen-bond donors (Lipinski definition) is 2. The maximum atomic E-state index is 13.0. The zero-order valence-electron chi connectivity index (χ0n) is 14.7. The zero-order valence-corrected chi connectivity index (χ0v) is 14.7. The Morgan fingerprint density at radius 1 is 1.08 bits per heavy atom. The van der Waals surface area contributed by atoms with E-state index < -0.39 is 0 Å². The van der Waals surface area contributed by atoms with E-state index in [2.05, 4.69) is 10.2 Å². The van der Waals surface area contributed by atoms with Crippen LogP contribution in [0.2, 0.25) is 0 Å². The Bertz CT molecular complexity index is 558. The van der Waals surface area contributed by atoms with Crippen LogP contribution in [0.15, 0.2) is 24.3 Å². The van der Waals surface area contributed by atoms with Crippen LogP contribution in [0.1, 0.15) is 37.7 Å². The van der Waals surface area contributed by atoms with E-state index in [1.165, 1.54) is 12.1 Å². The van der Waals surface area contributed by atoms with Gasteiger partial charge in [-0.25, -0.2) is 9.18 Å². The monoisotopic (exact) mass is 349 g/mol. The molecular weight excluding hydrogens is 321 g/mol. The standard InChI is InChI=1S/C19H28FN3O2/c20-16-4-2-15(3-5-16)14-22-10-1-11-23(13-12-22)19(25)21-17-6-8-18(24)9-7-17/h2-5,17-18,24H,1,6-14H2,(H,21,25). The number of benzene rings is 1. The SMILES string of the molecule is O=C(NC1CCC(O)CC1)N1CCCN(Cc2ccc(F)cc2)CC1. The maximum Gasteiger partial charge on any atom is 0.317 e. The summed E-state index contributed by atoms with van der Waals surface area (Å²) < 4.78 is 13.0. The highest BCUT2D eigenvalue weighted by molar-refractivity contribution is 5.74. The predicted molar refractivity (Wildman–Crippen MR) is 94.7 cm³/mol. The van der Waals surface area contributed by atoms with Gasteiger partial charge in [-0.05, 0) is 49.8 Å². The zero-order chi connectivity index (χ0) is 17.6. The molecule has 3 rings (SSSR count). The molecule has 0 aromatic heterocycles. The number of aliphatic hydroxyl groups is 1. The van der Waals surface area contributed by atoms with Gasteiger partial charge in [-0.2, -0.15) is 0 Å². The van der Waals surface area contributed by atoms with Crippen LogP contribution in [0.25, 0.3) is 0 Å². The van der Waals surface area contributed by atoms with Crippen molar-refractivity contribution in [2.45, 2.75) is 50.8 Å². The van der Waals surface area contributed by atoms with Crippen molar-refractivity contribution in [2.24, 2.45) is 0 Å². The quantitative estimate of drug-likeness (QED) is 0.881. The van der Waals surface area contributed by atoms with Gasteiger partial charge < -0.3 is 15.3 Å². The van der Waals surface area contributed by atoms with Gasteiger partial charge in [-0.1, -0.05) is 12.1 Å². The smallest absolute Gasteiger partial charge is 0.317 e. The van der Waals surface area contributed by atoms with Gasteiger partial charge in [0.05, 0.1) is 6.10 Å². The molecule has 2 amide bonds. The molecule has 0 bridgehead atoms. The molecule has 0 spiro atoms. The first-order chi connectivity index (χ1) is 12.1. The average molecular weight is 349 g/mol. The lowest BCUT2D eigenvalue weighted by molar-refractivity contribution is 0.115. The summed E-state index contributed by atoms with van der Waals surface area (Å²) in [5.41, 5.74) is 1.10. The number of halogens is 1. The fourth-order valence-electron chi connectivity index (χ4n) is 3.67. The third-order valence-electron chi connectivity index (χ3n) is 5.22. The van der Waals surface area contributed by atoms with Crippen LogP contribution < -0.4 is 5.32 Å². The number of nitrogens with zero attached hydrogens (tertiary/aromatic N) is 2. The van der Waals surface area contributed by atoms with Gasteiger partial charge in [0.25, 0.3) is 0 Å². The highest BCUT2D eigenvalue weighted by Crippen LogP contribution is 2.18. The summed E-state index contributed by atoms with van der Waals surface area (Å²) in [4.78, 5) is 16.7. The highest BCUT2D eigenvalue weighted by atomic mass is 19.1. The molecule has 0 unspecified atom stereocenters. The number of urea groups is 1. The topological polar surface area (TPSA) is 55.8 Å². The summed E-state index contributed by atoms with van der Waals surface area (Å²) in [5.74, 6) is -0.210. The molecule has 1 saturated heterocycles. The van der Waals surface area contributed by atoms with Gasteiger partial charge in [0, 0.05) is 38.8 Å². The molecule has 2 aliphatic rings. The Balaban J connectivity index is 1.46. The Kier molecular flexibility index (Phi) is 6.26. The van der Waals surface area contributed by atoms with Crippen molar-refractivity contribution in [2.75, 3.05) is 26.2 Å². The van der Waals surface area contributed by atoms with Gasteiger partial charge in [-0.15, -0.1) is 0 Å². The molecule has 25 heavy (non-hydrogen) atoms. The number of amides is 2. The third kappa shape index (κ3) is 5.41. The Hall–Kier alpha value is -1.66. The molecule has 2 fully saturated rings. The van der Waals surface area contributed by atoms with Gasteiger partial charge in [-0.3, -0.25) is 4.90 Å². The second kappa shape index (κ2) is 8.63. The molecule has 1 aliphatic heterocycles. The van der Waals surface area contributed by atoms with Gasteiger partial charge in [0.1, 0.15) is 5.82 Å². The molecule has 1 saturated carbocycles. The number of rotatable bonds is 3. The van der Waals surface area contributed by atoms with Gasteiger partial charge in [0.15, 0.2) is 0 Å². The molecular formula is C19H28FN3O2. The molecule has 5 nitrogen and oxygen atoms in total. The van der Waals surface area contributed by atoms with Gasteiger partial charge in [0.2, 0.25) is 0 Å².